The maximum atomic E-state index is 13.4. The van der Waals surface area contributed by atoms with E-state index in [1.54, 1.807) is 12.1 Å². The lowest BCUT2D eigenvalue weighted by atomic mass is 9.67. The van der Waals surface area contributed by atoms with Gasteiger partial charge in [0.15, 0.2) is 12.4 Å². The van der Waals surface area contributed by atoms with E-state index in [2.05, 4.69) is 52.9 Å². The van der Waals surface area contributed by atoms with E-state index in [4.69, 9.17) is 9.47 Å². The van der Waals surface area contributed by atoms with Gasteiger partial charge in [0.1, 0.15) is 17.2 Å². The third-order valence-electron chi connectivity index (χ3n) is 10.3. The molecule has 2 aliphatic heterocycles. The molecule has 0 bridgehead atoms. The lowest BCUT2D eigenvalue weighted by Crippen LogP contribution is -2.41. The van der Waals surface area contributed by atoms with Crippen LogP contribution in [0, 0.1) is 0 Å². The molecule has 0 aromatic heterocycles. The average Bonchev–Trinajstić information content (AvgIpc) is 3.17. The fourth-order valence-corrected chi connectivity index (χ4v) is 7.27. The van der Waals surface area contributed by atoms with E-state index in [9.17, 15) is 19.8 Å². The number of likely N-dealkylation sites (tertiary alicyclic amines) is 1. The first kappa shape index (κ1) is 36.9. The van der Waals surface area contributed by atoms with Crippen LogP contribution in [0.2, 0.25) is 0 Å². The van der Waals surface area contributed by atoms with Crippen molar-refractivity contribution in [2.24, 2.45) is 0 Å². The van der Waals surface area contributed by atoms with Crippen molar-refractivity contribution < 1.29 is 29.3 Å². The second-order valence-electron chi connectivity index (χ2n) is 13.8. The van der Waals surface area contributed by atoms with Crippen molar-refractivity contribution in [3.8, 4) is 17.2 Å². The van der Waals surface area contributed by atoms with Crippen LogP contribution >= 0.6 is 0 Å². The number of anilines is 1. The number of phenolic OH excluding ortho intramolecular Hbond substituents is 2. The molecule has 1 fully saturated rings. The number of rotatable bonds is 16. The molecule has 274 valence electrons. The average molecular weight is 707 g/mol. The van der Waals surface area contributed by atoms with Gasteiger partial charge in [0.25, 0.3) is 5.91 Å². The van der Waals surface area contributed by atoms with E-state index < -0.39 is 0 Å². The number of benzene rings is 4. The van der Waals surface area contributed by atoms with Crippen molar-refractivity contribution in [3.63, 3.8) is 0 Å². The zero-order valence-electron chi connectivity index (χ0n) is 30.0. The van der Waals surface area contributed by atoms with E-state index in [1.807, 2.05) is 53.4 Å². The molecule has 4 N–H and O–H groups in total. The summed E-state index contributed by atoms with van der Waals surface area (Å²) < 4.78 is 11.6. The molecule has 4 aromatic rings. The van der Waals surface area contributed by atoms with Crippen LogP contribution in [-0.2, 0) is 39.1 Å². The standard InChI is InChI=1S/C42H50N4O6/c1-45-23-19-42(20-24-45,34-10-6-3-7-11-34)35-28-31(12-14-36(35)47)17-26-51-27-18-39(50)46(29-32-8-4-2-5-9-32)25-22-43-21-16-33-13-15-37(48)40-41(33)52-30-38(49)44-40/h2-15,28,43,47-48H,16-27,29-30H2,1H3,(H,44,49). The summed E-state index contributed by atoms with van der Waals surface area (Å²) in [5, 5.41) is 27.3. The SMILES string of the molecule is CN1CCC(c2ccccc2)(c2cc(CCOCCC(=O)N(CCNCCc3ccc(O)c4c3OCC(=O)N4)Cc3ccccc3)ccc2O)CC1. The molecule has 2 heterocycles. The molecular formula is C42H50N4O6. The molecule has 0 radical (unpaired) electrons. The van der Waals surface area contributed by atoms with Crippen molar-refractivity contribution in [2.75, 3.05) is 64.9 Å². The molecule has 52 heavy (non-hydrogen) atoms. The maximum Gasteiger partial charge on any atom is 0.262 e. The van der Waals surface area contributed by atoms with Crippen LogP contribution in [0.15, 0.2) is 91.0 Å². The Labute approximate surface area is 306 Å². The molecule has 0 unspecified atom stereocenters. The highest BCUT2D eigenvalue weighted by Crippen LogP contribution is 2.45. The van der Waals surface area contributed by atoms with Crippen LogP contribution < -0.4 is 15.4 Å². The number of nitrogens with zero attached hydrogens (tertiary/aromatic N) is 2. The number of carbonyl (C=O) groups is 2. The van der Waals surface area contributed by atoms with Gasteiger partial charge < -0.3 is 40.1 Å². The molecule has 10 nitrogen and oxygen atoms in total. The van der Waals surface area contributed by atoms with Gasteiger partial charge in [-0.2, -0.15) is 0 Å². The predicted molar refractivity (Wildman–Crippen MR) is 202 cm³/mol. The lowest BCUT2D eigenvalue weighted by Gasteiger charge is -2.42. The first-order chi connectivity index (χ1) is 25.3. The van der Waals surface area contributed by atoms with Crippen LogP contribution in [0.25, 0.3) is 0 Å². The van der Waals surface area contributed by atoms with E-state index in [0.717, 1.165) is 48.2 Å². The second-order valence-corrected chi connectivity index (χ2v) is 13.8. The van der Waals surface area contributed by atoms with E-state index in [1.165, 1.54) is 5.56 Å². The summed E-state index contributed by atoms with van der Waals surface area (Å²) >= 11 is 0. The number of fused-ring (bicyclic) bond motifs is 1. The Morgan fingerprint density at radius 2 is 1.63 bits per heavy atom. The van der Waals surface area contributed by atoms with E-state index in [-0.39, 0.29) is 36.0 Å². The summed E-state index contributed by atoms with van der Waals surface area (Å²) in [6, 6.07) is 29.8. The number of hydrogen-bond acceptors (Lipinski definition) is 8. The number of amides is 2. The van der Waals surface area contributed by atoms with Crippen molar-refractivity contribution in [3.05, 3.63) is 119 Å². The summed E-state index contributed by atoms with van der Waals surface area (Å²) in [6.07, 6.45) is 3.47. The summed E-state index contributed by atoms with van der Waals surface area (Å²) in [6.45, 7) is 4.92. The molecule has 1 saturated heterocycles. The minimum absolute atomic E-state index is 0.0203. The van der Waals surface area contributed by atoms with Gasteiger partial charge in [0.05, 0.1) is 19.6 Å². The Morgan fingerprint density at radius 1 is 0.904 bits per heavy atom. The van der Waals surface area contributed by atoms with Crippen LogP contribution in [0.3, 0.4) is 0 Å². The van der Waals surface area contributed by atoms with Crippen LogP contribution in [0.4, 0.5) is 5.69 Å². The lowest BCUT2D eigenvalue weighted by molar-refractivity contribution is -0.133. The van der Waals surface area contributed by atoms with Crippen LogP contribution in [0.1, 0.15) is 47.1 Å². The summed E-state index contributed by atoms with van der Waals surface area (Å²) in [5.74, 6) is 0.550. The Morgan fingerprint density at radius 3 is 2.40 bits per heavy atom. The highest BCUT2D eigenvalue weighted by Gasteiger charge is 2.39. The van der Waals surface area contributed by atoms with Crippen LogP contribution in [-0.4, -0.2) is 91.4 Å². The van der Waals surface area contributed by atoms with Gasteiger partial charge >= 0.3 is 0 Å². The third kappa shape index (κ3) is 9.11. The van der Waals surface area contributed by atoms with Crippen molar-refractivity contribution in [1.82, 2.24) is 15.1 Å². The highest BCUT2D eigenvalue weighted by molar-refractivity contribution is 5.97. The molecule has 10 heteroatoms. The van der Waals surface area contributed by atoms with Gasteiger partial charge in [-0.05, 0) is 86.8 Å². The zero-order valence-corrected chi connectivity index (χ0v) is 30.0. The van der Waals surface area contributed by atoms with Crippen molar-refractivity contribution in [2.45, 2.75) is 44.1 Å². The minimum Gasteiger partial charge on any atom is -0.508 e. The molecule has 4 aromatic carbocycles. The van der Waals surface area contributed by atoms with Gasteiger partial charge in [0, 0.05) is 30.6 Å². The number of carbonyl (C=O) groups excluding carboxylic acids is 2. The van der Waals surface area contributed by atoms with Gasteiger partial charge in [-0.15, -0.1) is 0 Å². The molecular weight excluding hydrogens is 656 g/mol. The number of aromatic hydroxyl groups is 2. The Bertz CT molecular complexity index is 1790. The summed E-state index contributed by atoms with van der Waals surface area (Å²) in [4.78, 5) is 29.4. The fourth-order valence-electron chi connectivity index (χ4n) is 7.27. The van der Waals surface area contributed by atoms with Gasteiger partial charge in [-0.25, -0.2) is 0 Å². The Balaban J connectivity index is 0.999. The molecule has 6 rings (SSSR count). The monoisotopic (exact) mass is 706 g/mol. The number of nitrogens with one attached hydrogen (secondary N) is 2. The predicted octanol–water partition coefficient (Wildman–Crippen LogP) is 5.25. The molecule has 0 aliphatic carbocycles. The Hall–Kier alpha value is -4.90. The maximum absolute atomic E-state index is 13.4. The van der Waals surface area contributed by atoms with Crippen LogP contribution in [0.5, 0.6) is 17.2 Å². The quantitative estimate of drug-likeness (QED) is 0.0921. The van der Waals surface area contributed by atoms with E-state index in [0.29, 0.717) is 69.4 Å². The number of phenols is 2. The second kappa shape index (κ2) is 17.5. The van der Waals surface area contributed by atoms with Gasteiger partial charge in [0.2, 0.25) is 5.91 Å². The topological polar surface area (TPSA) is 124 Å². The molecule has 0 atom stereocenters. The van der Waals surface area contributed by atoms with Gasteiger partial charge in [-0.1, -0.05) is 78.9 Å². The first-order valence-corrected chi connectivity index (χ1v) is 18.3. The fraction of sp³-hybridized carbons (Fsp3) is 0.381. The highest BCUT2D eigenvalue weighted by atomic mass is 16.5. The molecule has 2 amide bonds. The Kier molecular flexibility index (Phi) is 12.4. The number of hydrogen-bond donors (Lipinski definition) is 4. The largest absolute Gasteiger partial charge is 0.508 e. The van der Waals surface area contributed by atoms with Crippen molar-refractivity contribution in [1.29, 1.82) is 0 Å². The molecule has 0 saturated carbocycles. The molecule has 0 spiro atoms. The van der Waals surface area contributed by atoms with E-state index >= 15 is 0 Å². The van der Waals surface area contributed by atoms with Gasteiger partial charge in [-0.3, -0.25) is 9.59 Å². The third-order valence-corrected chi connectivity index (χ3v) is 10.3. The minimum atomic E-state index is -0.294. The summed E-state index contributed by atoms with van der Waals surface area (Å²) in [5.41, 5.74) is 5.35. The normalized spacial score (nSPS) is 15.4. The molecule has 2 aliphatic rings. The zero-order chi connectivity index (χ0) is 36.3. The number of piperidine rings is 1. The first-order valence-electron chi connectivity index (χ1n) is 18.3. The summed E-state index contributed by atoms with van der Waals surface area (Å²) in [7, 11) is 2.15. The number of ether oxygens (including phenoxy) is 2. The van der Waals surface area contributed by atoms with Crippen molar-refractivity contribution >= 4 is 17.5 Å². The smallest absolute Gasteiger partial charge is 0.262 e.